The predicted molar refractivity (Wildman–Crippen MR) is 129 cm³/mol. The summed E-state index contributed by atoms with van der Waals surface area (Å²) in [5.74, 6) is -0.597. The molecule has 3 aromatic rings. The molecular weight excluding hydrogens is 418 g/mol. The Bertz CT molecular complexity index is 1130. The number of primary amides is 1. The van der Waals surface area contributed by atoms with Crippen LogP contribution >= 0.6 is 0 Å². The van der Waals surface area contributed by atoms with Gasteiger partial charge >= 0.3 is 0 Å². The first-order valence-electron chi connectivity index (χ1n) is 10.5. The lowest BCUT2D eigenvalue weighted by Crippen LogP contribution is -2.20. The molecule has 0 aliphatic carbocycles. The fraction of sp³-hybridized carbons (Fsp3) is 0.192. The summed E-state index contributed by atoms with van der Waals surface area (Å²) >= 11 is 0. The number of amides is 3. The van der Waals surface area contributed by atoms with Gasteiger partial charge in [0, 0.05) is 22.5 Å². The van der Waals surface area contributed by atoms with Crippen molar-refractivity contribution < 1.29 is 19.1 Å². The number of hydrogen-bond donors (Lipinski definition) is 3. The summed E-state index contributed by atoms with van der Waals surface area (Å²) in [7, 11) is 0. The Morgan fingerprint density at radius 1 is 0.758 bits per heavy atom. The summed E-state index contributed by atoms with van der Waals surface area (Å²) in [5.41, 5.74) is 8.46. The Balaban J connectivity index is 1.50. The van der Waals surface area contributed by atoms with E-state index < -0.39 is 5.91 Å². The molecule has 0 unspecified atom stereocenters. The summed E-state index contributed by atoms with van der Waals surface area (Å²) < 4.78 is 5.49. The van der Waals surface area contributed by atoms with Crippen molar-refractivity contribution >= 4 is 29.1 Å². The van der Waals surface area contributed by atoms with Crippen molar-refractivity contribution in [3.63, 3.8) is 0 Å². The fourth-order valence-electron chi connectivity index (χ4n) is 3.02. The molecule has 33 heavy (non-hydrogen) atoms. The van der Waals surface area contributed by atoms with Gasteiger partial charge < -0.3 is 21.1 Å². The van der Waals surface area contributed by atoms with E-state index in [1.165, 1.54) is 12.1 Å². The van der Waals surface area contributed by atoms with Gasteiger partial charge in [-0.1, -0.05) is 32.9 Å². The minimum absolute atomic E-state index is 0.0251. The van der Waals surface area contributed by atoms with E-state index in [9.17, 15) is 14.4 Å². The van der Waals surface area contributed by atoms with Crippen LogP contribution in [0.5, 0.6) is 5.75 Å². The van der Waals surface area contributed by atoms with Crippen LogP contribution in [-0.4, -0.2) is 24.3 Å². The average molecular weight is 446 g/mol. The van der Waals surface area contributed by atoms with Crippen LogP contribution in [0.15, 0.2) is 72.8 Å². The number of anilines is 2. The second-order valence-electron chi connectivity index (χ2n) is 8.58. The van der Waals surface area contributed by atoms with E-state index >= 15 is 0 Å². The summed E-state index contributed by atoms with van der Waals surface area (Å²) in [6.07, 6.45) is 0. The Labute approximate surface area is 193 Å². The maximum Gasteiger partial charge on any atom is 0.262 e. The van der Waals surface area contributed by atoms with Crippen LogP contribution in [0.25, 0.3) is 0 Å². The van der Waals surface area contributed by atoms with Crippen molar-refractivity contribution in [2.75, 3.05) is 17.2 Å². The van der Waals surface area contributed by atoms with E-state index in [2.05, 4.69) is 31.4 Å². The maximum atomic E-state index is 12.5. The SMILES string of the molecule is CC(C)(C)c1ccc(C(=O)Nc2ccc(OCC(=O)Nc3ccc(C(N)=O)cc3)cc2)cc1. The van der Waals surface area contributed by atoms with Gasteiger partial charge in [0.25, 0.3) is 11.8 Å². The van der Waals surface area contributed by atoms with E-state index in [0.717, 1.165) is 5.56 Å². The molecule has 0 bridgehead atoms. The molecule has 0 radical (unpaired) electrons. The number of rotatable bonds is 7. The number of nitrogens with one attached hydrogen (secondary N) is 2. The molecule has 3 amide bonds. The third-order valence-electron chi connectivity index (χ3n) is 4.95. The van der Waals surface area contributed by atoms with E-state index in [4.69, 9.17) is 10.5 Å². The smallest absolute Gasteiger partial charge is 0.262 e. The molecule has 0 saturated heterocycles. The monoisotopic (exact) mass is 445 g/mol. The number of nitrogens with two attached hydrogens (primary N) is 1. The van der Waals surface area contributed by atoms with Gasteiger partial charge in [-0.15, -0.1) is 0 Å². The van der Waals surface area contributed by atoms with Gasteiger partial charge in [-0.3, -0.25) is 14.4 Å². The van der Waals surface area contributed by atoms with Crippen molar-refractivity contribution in [1.82, 2.24) is 0 Å². The fourth-order valence-corrected chi connectivity index (χ4v) is 3.02. The number of ether oxygens (including phenoxy) is 1. The number of hydrogen-bond acceptors (Lipinski definition) is 4. The summed E-state index contributed by atoms with van der Waals surface area (Å²) in [6, 6.07) is 20.6. The molecule has 0 heterocycles. The molecule has 0 fully saturated rings. The minimum atomic E-state index is -0.533. The minimum Gasteiger partial charge on any atom is -0.484 e. The molecule has 7 nitrogen and oxygen atoms in total. The number of carbonyl (C=O) groups is 3. The van der Waals surface area contributed by atoms with Crippen molar-refractivity contribution in [3.8, 4) is 5.75 Å². The molecule has 0 spiro atoms. The molecule has 0 atom stereocenters. The van der Waals surface area contributed by atoms with E-state index in [0.29, 0.717) is 28.3 Å². The molecule has 4 N–H and O–H groups in total. The molecule has 170 valence electrons. The van der Waals surface area contributed by atoms with Gasteiger partial charge in [-0.2, -0.15) is 0 Å². The Kier molecular flexibility index (Phi) is 7.13. The number of benzene rings is 3. The molecule has 0 saturated carbocycles. The van der Waals surface area contributed by atoms with Crippen LogP contribution in [0.3, 0.4) is 0 Å². The first-order chi connectivity index (χ1) is 15.6. The second kappa shape index (κ2) is 9.99. The van der Waals surface area contributed by atoms with E-state index in [1.807, 2.05) is 24.3 Å². The highest BCUT2D eigenvalue weighted by Gasteiger charge is 2.14. The first-order valence-corrected chi connectivity index (χ1v) is 10.5. The quantitative estimate of drug-likeness (QED) is 0.502. The second-order valence-corrected chi connectivity index (χ2v) is 8.58. The van der Waals surface area contributed by atoms with Gasteiger partial charge in [0.2, 0.25) is 5.91 Å². The summed E-state index contributed by atoms with van der Waals surface area (Å²) in [6.45, 7) is 6.18. The molecule has 0 aliphatic heterocycles. The highest BCUT2D eigenvalue weighted by atomic mass is 16.5. The lowest BCUT2D eigenvalue weighted by Gasteiger charge is -2.19. The van der Waals surface area contributed by atoms with Gasteiger partial charge in [0.15, 0.2) is 6.61 Å². The van der Waals surface area contributed by atoms with Crippen molar-refractivity contribution in [1.29, 1.82) is 0 Å². The summed E-state index contributed by atoms with van der Waals surface area (Å²) in [5, 5.41) is 5.52. The Hall–Kier alpha value is -4.13. The van der Waals surface area contributed by atoms with Crippen LogP contribution in [0.4, 0.5) is 11.4 Å². The molecule has 7 heteroatoms. The van der Waals surface area contributed by atoms with Crippen LogP contribution in [0.1, 0.15) is 47.1 Å². The zero-order valence-corrected chi connectivity index (χ0v) is 18.8. The Morgan fingerprint density at radius 3 is 1.82 bits per heavy atom. The van der Waals surface area contributed by atoms with Crippen LogP contribution in [0.2, 0.25) is 0 Å². The highest BCUT2D eigenvalue weighted by Crippen LogP contribution is 2.23. The predicted octanol–water partition coefficient (Wildman–Crippen LogP) is 4.35. The van der Waals surface area contributed by atoms with Gasteiger partial charge in [0.1, 0.15) is 5.75 Å². The van der Waals surface area contributed by atoms with Gasteiger partial charge in [0.05, 0.1) is 0 Å². The maximum absolute atomic E-state index is 12.5. The molecule has 0 aromatic heterocycles. The van der Waals surface area contributed by atoms with Gasteiger partial charge in [-0.05, 0) is 71.6 Å². The lowest BCUT2D eigenvalue weighted by atomic mass is 9.87. The average Bonchev–Trinajstić information content (AvgIpc) is 2.78. The van der Waals surface area contributed by atoms with Gasteiger partial charge in [-0.25, -0.2) is 0 Å². The first kappa shape index (κ1) is 23.5. The molecule has 3 aromatic carbocycles. The van der Waals surface area contributed by atoms with Crippen molar-refractivity contribution in [2.24, 2.45) is 5.73 Å². The molecule has 3 rings (SSSR count). The number of carbonyl (C=O) groups excluding carboxylic acids is 3. The van der Waals surface area contributed by atoms with Crippen molar-refractivity contribution in [3.05, 3.63) is 89.5 Å². The topological polar surface area (TPSA) is 111 Å². The lowest BCUT2D eigenvalue weighted by molar-refractivity contribution is -0.118. The van der Waals surface area contributed by atoms with E-state index in [-0.39, 0.29) is 23.8 Å². The van der Waals surface area contributed by atoms with E-state index in [1.54, 1.807) is 36.4 Å². The zero-order chi connectivity index (χ0) is 24.0. The normalized spacial score (nSPS) is 10.9. The molecular formula is C26H27N3O4. The van der Waals surface area contributed by atoms with Crippen LogP contribution < -0.4 is 21.1 Å². The molecule has 0 aliphatic rings. The van der Waals surface area contributed by atoms with Crippen LogP contribution in [0, 0.1) is 0 Å². The van der Waals surface area contributed by atoms with Crippen LogP contribution in [-0.2, 0) is 10.2 Å². The zero-order valence-electron chi connectivity index (χ0n) is 18.8. The summed E-state index contributed by atoms with van der Waals surface area (Å²) in [4.78, 5) is 35.6. The highest BCUT2D eigenvalue weighted by molar-refractivity contribution is 6.04. The standard InChI is InChI=1S/C26H27N3O4/c1-26(2,3)19-8-4-18(5-9-19)25(32)29-21-12-14-22(15-13-21)33-16-23(30)28-20-10-6-17(7-11-20)24(27)31/h4-15H,16H2,1-3H3,(H2,27,31)(H,28,30)(H,29,32). The third-order valence-corrected chi connectivity index (χ3v) is 4.95. The third kappa shape index (κ3) is 6.67. The van der Waals surface area contributed by atoms with Crippen molar-refractivity contribution in [2.45, 2.75) is 26.2 Å². The largest absolute Gasteiger partial charge is 0.484 e. The Morgan fingerprint density at radius 2 is 1.27 bits per heavy atom.